The van der Waals surface area contributed by atoms with E-state index in [1.807, 2.05) is 19.0 Å². The monoisotopic (exact) mass is 130 g/mol. The summed E-state index contributed by atoms with van der Waals surface area (Å²) in [4.78, 5) is 3.83. The molecule has 1 atom stereocenters. The Bertz CT molecular complexity index is 91.1. The predicted octanol–water partition coefficient (Wildman–Crippen LogP) is -0.470. The molecule has 0 bridgehead atoms. The van der Waals surface area contributed by atoms with Crippen molar-refractivity contribution in [1.82, 2.24) is 9.80 Å². The van der Waals surface area contributed by atoms with Gasteiger partial charge < -0.3 is 5.11 Å². The second kappa shape index (κ2) is 2.64. The molecule has 0 aliphatic carbocycles. The lowest BCUT2D eigenvalue weighted by Crippen LogP contribution is -2.51. The van der Waals surface area contributed by atoms with Gasteiger partial charge in [0.05, 0.1) is 0 Å². The molecule has 54 valence electrons. The molecule has 1 saturated heterocycles. The van der Waals surface area contributed by atoms with Crippen molar-refractivity contribution in [3.63, 3.8) is 0 Å². The van der Waals surface area contributed by atoms with Crippen molar-refractivity contribution < 1.29 is 5.11 Å². The molecule has 0 spiro atoms. The second-order valence-electron chi connectivity index (χ2n) is 2.70. The molecule has 1 N–H and O–H groups in total. The van der Waals surface area contributed by atoms with Crippen molar-refractivity contribution in [2.45, 2.75) is 12.8 Å². The van der Waals surface area contributed by atoms with Crippen LogP contribution in [0.3, 0.4) is 0 Å². The highest BCUT2D eigenvalue weighted by Crippen LogP contribution is 2.09. The highest BCUT2D eigenvalue weighted by molar-refractivity contribution is 4.69. The van der Waals surface area contributed by atoms with Crippen LogP contribution in [-0.2, 0) is 0 Å². The van der Waals surface area contributed by atoms with Crippen molar-refractivity contribution in [2.24, 2.45) is 0 Å². The van der Waals surface area contributed by atoms with Crippen molar-refractivity contribution in [2.75, 3.05) is 27.2 Å². The largest absolute Gasteiger partial charge is 0.365 e. The Morgan fingerprint density at radius 1 is 1.44 bits per heavy atom. The van der Waals surface area contributed by atoms with E-state index in [0.717, 1.165) is 13.1 Å². The normalized spacial score (nSPS) is 24.0. The molecule has 0 aromatic carbocycles. The summed E-state index contributed by atoms with van der Waals surface area (Å²) in [6, 6.07) is 0. The first kappa shape index (κ1) is 6.99. The van der Waals surface area contributed by atoms with E-state index in [1.165, 1.54) is 6.42 Å². The molecule has 0 amide bonds. The topological polar surface area (TPSA) is 26.7 Å². The molecular weight excluding hydrogens is 116 g/mol. The molecule has 1 heterocycles. The van der Waals surface area contributed by atoms with Crippen LogP contribution >= 0.6 is 0 Å². The SMILES string of the molecule is CN(C)C(O)N1CCC1. The smallest absolute Gasteiger partial charge is 0.165 e. The quantitative estimate of drug-likeness (QED) is 0.512. The summed E-state index contributed by atoms with van der Waals surface area (Å²) in [6.07, 6.45) is 0.865. The number of aliphatic hydroxyl groups excluding tert-OH is 1. The van der Waals surface area contributed by atoms with Gasteiger partial charge in [-0.15, -0.1) is 0 Å². The highest BCUT2D eigenvalue weighted by Gasteiger charge is 2.22. The summed E-state index contributed by atoms with van der Waals surface area (Å²) in [6.45, 7) is 2.08. The molecule has 0 aromatic rings. The minimum atomic E-state index is -0.362. The maximum absolute atomic E-state index is 9.30. The summed E-state index contributed by atoms with van der Waals surface area (Å²) in [7, 11) is 3.76. The van der Waals surface area contributed by atoms with Gasteiger partial charge in [0, 0.05) is 13.1 Å². The van der Waals surface area contributed by atoms with Gasteiger partial charge in [0.2, 0.25) is 0 Å². The average Bonchev–Trinajstić information content (AvgIpc) is 1.60. The third-order valence-electron chi connectivity index (χ3n) is 1.68. The van der Waals surface area contributed by atoms with Gasteiger partial charge in [-0.05, 0) is 20.5 Å². The molecule has 1 fully saturated rings. The zero-order valence-electron chi connectivity index (χ0n) is 6.04. The Labute approximate surface area is 55.9 Å². The number of aliphatic hydroxyl groups is 1. The molecule has 1 aliphatic heterocycles. The molecule has 0 radical (unpaired) electrons. The summed E-state index contributed by atoms with van der Waals surface area (Å²) in [5, 5.41) is 9.30. The fourth-order valence-electron chi connectivity index (χ4n) is 0.898. The third-order valence-corrected chi connectivity index (χ3v) is 1.68. The summed E-state index contributed by atoms with van der Waals surface area (Å²) in [5.74, 6) is 0. The van der Waals surface area contributed by atoms with Crippen LogP contribution in [0.2, 0.25) is 0 Å². The Balaban J connectivity index is 2.23. The van der Waals surface area contributed by atoms with E-state index in [9.17, 15) is 5.11 Å². The molecule has 9 heavy (non-hydrogen) atoms. The fraction of sp³-hybridized carbons (Fsp3) is 1.00. The molecule has 0 aromatic heterocycles. The maximum Gasteiger partial charge on any atom is 0.165 e. The number of hydrogen-bond donors (Lipinski definition) is 1. The molecule has 3 nitrogen and oxygen atoms in total. The van der Waals surface area contributed by atoms with Crippen molar-refractivity contribution >= 4 is 0 Å². The first-order valence-corrected chi connectivity index (χ1v) is 3.30. The van der Waals surface area contributed by atoms with E-state index in [1.54, 1.807) is 4.90 Å². The van der Waals surface area contributed by atoms with Crippen LogP contribution in [0, 0.1) is 0 Å². The van der Waals surface area contributed by atoms with Crippen LogP contribution in [0.15, 0.2) is 0 Å². The zero-order chi connectivity index (χ0) is 6.85. The van der Waals surface area contributed by atoms with E-state index in [0.29, 0.717) is 0 Å². The van der Waals surface area contributed by atoms with Gasteiger partial charge in [0.25, 0.3) is 0 Å². The lowest BCUT2D eigenvalue weighted by Gasteiger charge is -2.37. The van der Waals surface area contributed by atoms with Gasteiger partial charge in [-0.2, -0.15) is 0 Å². The summed E-state index contributed by atoms with van der Waals surface area (Å²) in [5.41, 5.74) is 0. The molecule has 0 saturated carbocycles. The number of likely N-dealkylation sites (tertiary alicyclic amines) is 1. The molecule has 1 aliphatic rings. The van der Waals surface area contributed by atoms with Crippen molar-refractivity contribution in [1.29, 1.82) is 0 Å². The van der Waals surface area contributed by atoms with E-state index in [2.05, 4.69) is 0 Å². The fourth-order valence-corrected chi connectivity index (χ4v) is 0.898. The van der Waals surface area contributed by atoms with Gasteiger partial charge in [-0.1, -0.05) is 0 Å². The number of rotatable bonds is 2. The number of hydrogen-bond acceptors (Lipinski definition) is 3. The van der Waals surface area contributed by atoms with Gasteiger partial charge in [-0.3, -0.25) is 9.80 Å². The minimum absolute atomic E-state index is 0.362. The lowest BCUT2D eigenvalue weighted by atomic mass is 10.2. The van der Waals surface area contributed by atoms with E-state index in [4.69, 9.17) is 0 Å². The Morgan fingerprint density at radius 2 is 2.00 bits per heavy atom. The van der Waals surface area contributed by atoms with Crippen molar-refractivity contribution in [3.8, 4) is 0 Å². The van der Waals surface area contributed by atoms with E-state index >= 15 is 0 Å². The standard InChI is InChI=1S/C6H14N2O/c1-7(2)6(9)8-4-3-5-8/h6,9H,3-5H2,1-2H3. The van der Waals surface area contributed by atoms with Crippen LogP contribution in [-0.4, -0.2) is 48.4 Å². The lowest BCUT2D eigenvalue weighted by molar-refractivity contribution is -0.116. The van der Waals surface area contributed by atoms with Crippen LogP contribution in [0.25, 0.3) is 0 Å². The summed E-state index contributed by atoms with van der Waals surface area (Å²) >= 11 is 0. The minimum Gasteiger partial charge on any atom is -0.365 e. The van der Waals surface area contributed by atoms with Crippen LogP contribution in [0.5, 0.6) is 0 Å². The Morgan fingerprint density at radius 3 is 2.11 bits per heavy atom. The molecule has 3 heteroatoms. The van der Waals surface area contributed by atoms with Crippen LogP contribution < -0.4 is 0 Å². The van der Waals surface area contributed by atoms with Gasteiger partial charge in [0.15, 0.2) is 6.35 Å². The van der Waals surface area contributed by atoms with Crippen LogP contribution in [0.4, 0.5) is 0 Å². The molecule has 1 unspecified atom stereocenters. The Hall–Kier alpha value is -0.120. The average molecular weight is 130 g/mol. The van der Waals surface area contributed by atoms with Crippen molar-refractivity contribution in [3.05, 3.63) is 0 Å². The first-order valence-electron chi connectivity index (χ1n) is 3.30. The van der Waals surface area contributed by atoms with E-state index in [-0.39, 0.29) is 6.35 Å². The number of nitrogens with zero attached hydrogens (tertiary/aromatic N) is 2. The third kappa shape index (κ3) is 1.41. The summed E-state index contributed by atoms with van der Waals surface area (Å²) < 4.78 is 0. The van der Waals surface area contributed by atoms with E-state index < -0.39 is 0 Å². The molecular formula is C6H14N2O. The maximum atomic E-state index is 9.30. The van der Waals surface area contributed by atoms with Crippen LogP contribution in [0.1, 0.15) is 6.42 Å². The first-order chi connectivity index (χ1) is 4.22. The van der Waals surface area contributed by atoms with Gasteiger partial charge in [0.1, 0.15) is 0 Å². The highest BCUT2D eigenvalue weighted by atomic mass is 16.3. The zero-order valence-corrected chi connectivity index (χ0v) is 6.04. The molecule has 1 rings (SSSR count). The second-order valence-corrected chi connectivity index (χ2v) is 2.70. The Kier molecular flexibility index (Phi) is 2.05. The van der Waals surface area contributed by atoms with Gasteiger partial charge in [-0.25, -0.2) is 0 Å². The predicted molar refractivity (Wildman–Crippen MR) is 35.9 cm³/mol. The van der Waals surface area contributed by atoms with Gasteiger partial charge >= 0.3 is 0 Å².